The molecular formula is C19H26N2O4. The molecule has 0 heterocycles. The van der Waals surface area contributed by atoms with Crippen LogP contribution in [0.1, 0.15) is 25.8 Å². The van der Waals surface area contributed by atoms with Gasteiger partial charge in [0.05, 0.1) is 13.2 Å². The number of carbonyl (C=O) groups is 2. The van der Waals surface area contributed by atoms with E-state index in [2.05, 4.69) is 23.7 Å². The third-order valence-electron chi connectivity index (χ3n) is 3.58. The molecule has 6 heteroatoms. The van der Waals surface area contributed by atoms with Gasteiger partial charge in [0.15, 0.2) is 6.61 Å². The number of hydrogen-bond acceptors (Lipinski definition) is 5. The fraction of sp³-hybridized carbons (Fsp3) is 0.474. The summed E-state index contributed by atoms with van der Waals surface area (Å²) in [6, 6.07) is 7.86. The Kier molecular flexibility index (Phi) is 9.12. The summed E-state index contributed by atoms with van der Waals surface area (Å²) in [5.41, 5.74) is 6.20. The lowest BCUT2D eigenvalue weighted by Crippen LogP contribution is -2.31. The van der Waals surface area contributed by atoms with Gasteiger partial charge in [-0.2, -0.15) is 0 Å². The second-order valence-corrected chi connectivity index (χ2v) is 5.70. The summed E-state index contributed by atoms with van der Waals surface area (Å²) in [7, 11) is 1.99. The number of nitrogens with two attached hydrogens (primary N) is 1. The highest BCUT2D eigenvalue weighted by Gasteiger charge is 2.09. The van der Waals surface area contributed by atoms with Gasteiger partial charge in [-0.05, 0) is 45.0 Å². The number of primary amides is 1. The number of likely N-dealkylation sites (N-methyl/N-ethyl adjacent to an activating group) is 1. The topological polar surface area (TPSA) is 81.9 Å². The Hall–Kier alpha value is -2.52. The van der Waals surface area contributed by atoms with Gasteiger partial charge in [0.1, 0.15) is 12.2 Å². The lowest BCUT2D eigenvalue weighted by molar-refractivity contribution is -0.141. The zero-order valence-corrected chi connectivity index (χ0v) is 15.1. The molecule has 0 aromatic heterocycles. The Morgan fingerprint density at radius 3 is 2.52 bits per heavy atom. The van der Waals surface area contributed by atoms with Crippen molar-refractivity contribution >= 4 is 11.9 Å². The first kappa shape index (κ1) is 20.5. The summed E-state index contributed by atoms with van der Waals surface area (Å²) in [4.78, 5) is 24.0. The molecule has 0 fully saturated rings. The standard InChI is InChI=1S/C19H26N2O4/c1-4-24-19(23)7-5-6-12-21(3)15(2)13-16-8-10-17(11-9-16)25-14-18(20)22/h8-11,15H,4,7,12-14H2,1-3H3,(H2,20,22)/t15-/m1/s1. The largest absolute Gasteiger partial charge is 0.484 e. The molecule has 2 N–H and O–H groups in total. The molecule has 1 rings (SSSR count). The molecule has 0 aliphatic carbocycles. The van der Waals surface area contributed by atoms with E-state index in [0.29, 0.717) is 18.9 Å². The molecule has 1 atom stereocenters. The maximum atomic E-state index is 11.2. The average molecular weight is 346 g/mol. The van der Waals surface area contributed by atoms with Crippen molar-refractivity contribution in [1.82, 2.24) is 4.90 Å². The van der Waals surface area contributed by atoms with Crippen LogP contribution in [-0.4, -0.2) is 49.6 Å². The summed E-state index contributed by atoms with van der Waals surface area (Å²) in [6.07, 6.45) is 0.981. The number of ether oxygens (including phenoxy) is 2. The first-order valence-electron chi connectivity index (χ1n) is 8.24. The van der Waals surface area contributed by atoms with Gasteiger partial charge in [-0.1, -0.05) is 24.0 Å². The van der Waals surface area contributed by atoms with E-state index in [1.165, 1.54) is 0 Å². The third kappa shape index (κ3) is 8.77. The molecular weight excluding hydrogens is 320 g/mol. The zero-order valence-electron chi connectivity index (χ0n) is 15.1. The van der Waals surface area contributed by atoms with Crippen LogP contribution in [0.2, 0.25) is 0 Å². The molecule has 1 amide bonds. The molecule has 0 bridgehead atoms. The number of esters is 1. The number of benzene rings is 1. The van der Waals surface area contributed by atoms with E-state index in [9.17, 15) is 9.59 Å². The Morgan fingerprint density at radius 2 is 1.92 bits per heavy atom. The van der Waals surface area contributed by atoms with E-state index in [0.717, 1.165) is 12.0 Å². The van der Waals surface area contributed by atoms with Crippen molar-refractivity contribution in [2.24, 2.45) is 5.73 Å². The second kappa shape index (κ2) is 11.1. The molecule has 0 unspecified atom stereocenters. The fourth-order valence-electron chi connectivity index (χ4n) is 2.06. The number of hydrogen-bond donors (Lipinski definition) is 1. The molecule has 1 aromatic carbocycles. The number of carbonyl (C=O) groups excluding carboxylic acids is 2. The Balaban J connectivity index is 2.41. The van der Waals surface area contributed by atoms with Gasteiger partial charge in [-0.15, -0.1) is 0 Å². The summed E-state index contributed by atoms with van der Waals surface area (Å²) in [5, 5.41) is 0. The van der Waals surface area contributed by atoms with Crippen LogP contribution in [0.3, 0.4) is 0 Å². The molecule has 136 valence electrons. The van der Waals surface area contributed by atoms with E-state index in [4.69, 9.17) is 15.2 Å². The van der Waals surface area contributed by atoms with Crippen molar-refractivity contribution in [1.29, 1.82) is 0 Å². The molecule has 25 heavy (non-hydrogen) atoms. The molecule has 6 nitrogen and oxygen atoms in total. The smallest absolute Gasteiger partial charge is 0.317 e. The van der Waals surface area contributed by atoms with Crippen molar-refractivity contribution in [3.63, 3.8) is 0 Å². The predicted octanol–water partition coefficient (Wildman–Crippen LogP) is 1.37. The highest BCUT2D eigenvalue weighted by molar-refractivity contribution is 5.75. The maximum Gasteiger partial charge on any atom is 0.317 e. The van der Waals surface area contributed by atoms with Gasteiger partial charge in [0.2, 0.25) is 0 Å². The fourth-order valence-corrected chi connectivity index (χ4v) is 2.06. The summed E-state index contributed by atoms with van der Waals surface area (Å²) >= 11 is 0. The van der Waals surface area contributed by atoms with E-state index in [1.807, 2.05) is 31.3 Å². The Morgan fingerprint density at radius 1 is 1.24 bits per heavy atom. The number of nitrogens with zero attached hydrogens (tertiary/aromatic N) is 1. The first-order valence-corrected chi connectivity index (χ1v) is 8.24. The lowest BCUT2D eigenvalue weighted by Gasteiger charge is -2.22. The zero-order chi connectivity index (χ0) is 18.7. The molecule has 0 saturated carbocycles. The van der Waals surface area contributed by atoms with Crippen molar-refractivity contribution in [3.8, 4) is 17.6 Å². The number of rotatable bonds is 9. The van der Waals surface area contributed by atoms with Gasteiger partial charge in [0.25, 0.3) is 5.91 Å². The highest BCUT2D eigenvalue weighted by Crippen LogP contribution is 2.14. The van der Waals surface area contributed by atoms with Crippen LogP contribution in [0.4, 0.5) is 0 Å². The second-order valence-electron chi connectivity index (χ2n) is 5.70. The number of amides is 1. The van der Waals surface area contributed by atoms with Gasteiger partial charge < -0.3 is 15.2 Å². The van der Waals surface area contributed by atoms with Crippen molar-refractivity contribution in [3.05, 3.63) is 29.8 Å². The molecule has 0 saturated heterocycles. The van der Waals surface area contributed by atoms with E-state index in [-0.39, 0.29) is 25.0 Å². The van der Waals surface area contributed by atoms with Crippen LogP contribution in [0.15, 0.2) is 24.3 Å². The molecule has 0 aliphatic rings. The minimum Gasteiger partial charge on any atom is -0.484 e. The van der Waals surface area contributed by atoms with Crippen molar-refractivity contribution < 1.29 is 19.1 Å². The lowest BCUT2D eigenvalue weighted by atomic mass is 10.1. The van der Waals surface area contributed by atoms with Crippen LogP contribution in [0, 0.1) is 11.8 Å². The monoisotopic (exact) mass is 346 g/mol. The first-order chi connectivity index (χ1) is 11.9. The van der Waals surface area contributed by atoms with Crippen molar-refractivity contribution in [2.75, 3.05) is 26.8 Å². The maximum absolute atomic E-state index is 11.2. The Bertz CT molecular complexity index is 617. The van der Waals surface area contributed by atoms with Crippen LogP contribution < -0.4 is 10.5 Å². The summed E-state index contributed by atoms with van der Waals surface area (Å²) in [6.45, 7) is 4.73. The van der Waals surface area contributed by atoms with Crippen LogP contribution in [0.5, 0.6) is 5.75 Å². The highest BCUT2D eigenvalue weighted by atomic mass is 16.5. The van der Waals surface area contributed by atoms with Gasteiger partial charge >= 0.3 is 5.97 Å². The summed E-state index contributed by atoms with van der Waals surface area (Å²) in [5.74, 6) is 5.65. The van der Waals surface area contributed by atoms with Crippen LogP contribution >= 0.6 is 0 Å². The van der Waals surface area contributed by atoms with Crippen molar-refractivity contribution in [2.45, 2.75) is 32.7 Å². The molecule has 0 spiro atoms. The van der Waals surface area contributed by atoms with Gasteiger partial charge in [-0.25, -0.2) is 0 Å². The third-order valence-corrected chi connectivity index (χ3v) is 3.58. The molecule has 0 aliphatic heterocycles. The SMILES string of the molecule is CCOC(=O)CC#CCN(C)[C@H](C)Cc1ccc(OCC(N)=O)cc1. The Labute approximate surface area is 149 Å². The normalized spacial score (nSPS) is 11.4. The van der Waals surface area contributed by atoms with E-state index >= 15 is 0 Å². The van der Waals surface area contributed by atoms with Gasteiger partial charge in [-0.3, -0.25) is 14.5 Å². The van der Waals surface area contributed by atoms with E-state index < -0.39 is 5.91 Å². The average Bonchev–Trinajstić information content (AvgIpc) is 2.58. The van der Waals surface area contributed by atoms with E-state index in [1.54, 1.807) is 6.92 Å². The molecule has 1 aromatic rings. The molecule has 0 radical (unpaired) electrons. The van der Waals surface area contributed by atoms with Crippen LogP contribution in [-0.2, 0) is 20.7 Å². The summed E-state index contributed by atoms with van der Waals surface area (Å²) < 4.78 is 10.1. The van der Waals surface area contributed by atoms with Gasteiger partial charge in [0, 0.05) is 6.04 Å². The predicted molar refractivity (Wildman–Crippen MR) is 96.0 cm³/mol. The quantitative estimate of drug-likeness (QED) is 0.539. The minimum atomic E-state index is -0.497. The van der Waals surface area contributed by atoms with Crippen LogP contribution in [0.25, 0.3) is 0 Å². The minimum absolute atomic E-state index is 0.122.